The molecular formula is C16H23N3O. The Hall–Kier alpha value is -1.81. The normalized spacial score (nSPS) is 11.7. The van der Waals surface area contributed by atoms with Gasteiger partial charge in [-0.05, 0) is 30.5 Å². The molecule has 0 aliphatic rings. The van der Waals surface area contributed by atoms with Crippen LogP contribution in [0.25, 0.3) is 11.3 Å². The van der Waals surface area contributed by atoms with Crippen molar-refractivity contribution >= 4 is 0 Å². The zero-order valence-electron chi connectivity index (χ0n) is 12.9. The van der Waals surface area contributed by atoms with Crippen LogP contribution in [0.2, 0.25) is 0 Å². The van der Waals surface area contributed by atoms with E-state index in [1.54, 1.807) is 7.11 Å². The largest absolute Gasteiger partial charge is 0.496 e. The van der Waals surface area contributed by atoms with Crippen molar-refractivity contribution < 1.29 is 4.74 Å². The lowest BCUT2D eigenvalue weighted by molar-refractivity contribution is 0.397. The zero-order valence-corrected chi connectivity index (χ0v) is 12.9. The highest BCUT2D eigenvalue weighted by Crippen LogP contribution is 2.35. The number of rotatable bonds is 3. The number of benzene rings is 1. The van der Waals surface area contributed by atoms with Gasteiger partial charge in [-0.1, -0.05) is 20.8 Å². The average molecular weight is 273 g/mol. The molecular weight excluding hydrogens is 250 g/mol. The molecule has 0 amide bonds. The van der Waals surface area contributed by atoms with E-state index in [2.05, 4.69) is 36.8 Å². The summed E-state index contributed by atoms with van der Waals surface area (Å²) < 4.78 is 5.47. The van der Waals surface area contributed by atoms with E-state index in [1.165, 1.54) is 5.56 Å². The smallest absolute Gasteiger partial charge is 0.122 e. The van der Waals surface area contributed by atoms with Crippen LogP contribution in [0.1, 0.15) is 37.9 Å². The predicted molar refractivity (Wildman–Crippen MR) is 81.9 cm³/mol. The third-order valence-corrected chi connectivity index (χ3v) is 3.38. The molecule has 20 heavy (non-hydrogen) atoms. The Morgan fingerprint density at radius 2 is 2.00 bits per heavy atom. The van der Waals surface area contributed by atoms with Gasteiger partial charge in [-0.25, -0.2) is 4.98 Å². The van der Waals surface area contributed by atoms with Gasteiger partial charge in [0.25, 0.3) is 0 Å². The fourth-order valence-electron chi connectivity index (χ4n) is 2.37. The number of nitrogens with one attached hydrogen (secondary N) is 1. The second-order valence-electron chi connectivity index (χ2n) is 6.02. The molecule has 4 heteroatoms. The van der Waals surface area contributed by atoms with Gasteiger partial charge in [-0.2, -0.15) is 0 Å². The Morgan fingerprint density at radius 1 is 1.30 bits per heavy atom. The number of aryl methyl sites for hydroxylation is 1. The summed E-state index contributed by atoms with van der Waals surface area (Å²) in [5, 5.41) is 0. The van der Waals surface area contributed by atoms with Crippen LogP contribution in [0.3, 0.4) is 0 Å². The van der Waals surface area contributed by atoms with Crippen LogP contribution in [0.15, 0.2) is 18.2 Å². The highest BCUT2D eigenvalue weighted by Gasteiger charge is 2.20. The Kier molecular flexibility index (Phi) is 3.86. The van der Waals surface area contributed by atoms with Crippen molar-refractivity contribution in [1.82, 2.24) is 9.97 Å². The molecule has 0 saturated heterocycles. The highest BCUT2D eigenvalue weighted by molar-refractivity contribution is 5.65. The molecule has 1 aromatic heterocycles. The molecule has 3 N–H and O–H groups in total. The highest BCUT2D eigenvalue weighted by atomic mass is 16.5. The summed E-state index contributed by atoms with van der Waals surface area (Å²) in [6, 6.07) is 6.18. The second-order valence-corrected chi connectivity index (χ2v) is 6.02. The number of methoxy groups -OCH3 is 1. The number of imidazole rings is 1. The number of H-pyrrole nitrogens is 1. The van der Waals surface area contributed by atoms with Crippen LogP contribution in [0.5, 0.6) is 5.75 Å². The molecule has 0 aliphatic heterocycles. The van der Waals surface area contributed by atoms with Crippen molar-refractivity contribution in [2.45, 2.75) is 39.7 Å². The lowest BCUT2D eigenvalue weighted by Gasteiger charge is -2.22. The molecule has 0 saturated carbocycles. The van der Waals surface area contributed by atoms with Crippen LogP contribution >= 0.6 is 0 Å². The van der Waals surface area contributed by atoms with Crippen LogP contribution < -0.4 is 10.5 Å². The van der Waals surface area contributed by atoms with Crippen molar-refractivity contribution in [1.29, 1.82) is 0 Å². The van der Waals surface area contributed by atoms with E-state index in [1.807, 2.05) is 19.1 Å². The van der Waals surface area contributed by atoms with E-state index >= 15 is 0 Å². The van der Waals surface area contributed by atoms with Gasteiger partial charge in [0.15, 0.2) is 0 Å². The molecule has 2 aromatic rings. The number of ether oxygens (including phenoxy) is 1. The minimum atomic E-state index is 0.00951. The maximum Gasteiger partial charge on any atom is 0.122 e. The average Bonchev–Trinajstić information content (AvgIpc) is 2.78. The molecule has 4 nitrogen and oxygen atoms in total. The molecule has 0 unspecified atom stereocenters. The minimum absolute atomic E-state index is 0.00951. The number of nitrogens with two attached hydrogens (primary N) is 1. The van der Waals surface area contributed by atoms with Crippen LogP contribution in [-0.2, 0) is 12.0 Å². The molecule has 1 heterocycles. The fraction of sp³-hybridized carbons (Fsp3) is 0.438. The summed E-state index contributed by atoms with van der Waals surface area (Å²) in [5.74, 6) is 1.79. The first kappa shape index (κ1) is 14.6. The summed E-state index contributed by atoms with van der Waals surface area (Å²) in [6.07, 6.45) is 0. The molecule has 0 spiro atoms. The van der Waals surface area contributed by atoms with Gasteiger partial charge in [0.1, 0.15) is 11.6 Å². The Bertz CT molecular complexity index is 609. The van der Waals surface area contributed by atoms with Crippen molar-refractivity contribution in [2.75, 3.05) is 7.11 Å². The molecule has 0 fully saturated rings. The number of aromatic amines is 1. The number of hydrogen-bond acceptors (Lipinski definition) is 3. The number of nitrogens with zero attached hydrogens (tertiary/aromatic N) is 1. The van der Waals surface area contributed by atoms with Crippen molar-refractivity contribution in [3.05, 3.63) is 35.3 Å². The van der Waals surface area contributed by atoms with E-state index in [0.29, 0.717) is 6.54 Å². The molecule has 0 atom stereocenters. The van der Waals surface area contributed by atoms with Crippen LogP contribution in [0.4, 0.5) is 0 Å². The summed E-state index contributed by atoms with van der Waals surface area (Å²) in [5.41, 5.74) is 9.93. The monoisotopic (exact) mass is 273 g/mol. The van der Waals surface area contributed by atoms with Gasteiger partial charge >= 0.3 is 0 Å². The van der Waals surface area contributed by atoms with Crippen LogP contribution in [-0.4, -0.2) is 17.1 Å². The predicted octanol–water partition coefficient (Wildman–Crippen LogP) is 3.15. The van der Waals surface area contributed by atoms with Crippen molar-refractivity contribution in [2.24, 2.45) is 5.73 Å². The third kappa shape index (κ3) is 2.70. The molecule has 0 bridgehead atoms. The van der Waals surface area contributed by atoms with E-state index in [4.69, 9.17) is 10.5 Å². The van der Waals surface area contributed by atoms with Gasteiger partial charge in [0, 0.05) is 17.7 Å². The van der Waals surface area contributed by atoms with Gasteiger partial charge in [0.05, 0.1) is 18.5 Å². The lowest BCUT2D eigenvalue weighted by Crippen LogP contribution is -2.13. The summed E-state index contributed by atoms with van der Waals surface area (Å²) in [6.45, 7) is 8.92. The summed E-state index contributed by atoms with van der Waals surface area (Å²) in [7, 11) is 1.70. The first-order valence-corrected chi connectivity index (χ1v) is 6.81. The Morgan fingerprint density at radius 3 is 2.55 bits per heavy atom. The molecule has 108 valence electrons. The van der Waals surface area contributed by atoms with Crippen LogP contribution in [0, 0.1) is 6.92 Å². The summed E-state index contributed by atoms with van der Waals surface area (Å²) in [4.78, 5) is 7.77. The van der Waals surface area contributed by atoms with E-state index in [-0.39, 0.29) is 5.41 Å². The Labute approximate surface area is 120 Å². The number of hydrogen-bond donors (Lipinski definition) is 2. The van der Waals surface area contributed by atoms with Crippen molar-refractivity contribution in [3.63, 3.8) is 0 Å². The van der Waals surface area contributed by atoms with Gasteiger partial charge in [0.2, 0.25) is 0 Å². The molecule has 0 radical (unpaired) electrons. The SMILES string of the molecule is COc1ccc(-c2nc(C)[nH]c2CN)cc1C(C)(C)C. The maximum absolute atomic E-state index is 5.79. The molecule has 2 rings (SSSR count). The zero-order chi connectivity index (χ0) is 14.9. The Balaban J connectivity index is 2.58. The topological polar surface area (TPSA) is 63.9 Å². The minimum Gasteiger partial charge on any atom is -0.496 e. The van der Waals surface area contributed by atoms with E-state index < -0.39 is 0 Å². The third-order valence-electron chi connectivity index (χ3n) is 3.38. The van der Waals surface area contributed by atoms with E-state index in [9.17, 15) is 0 Å². The quantitative estimate of drug-likeness (QED) is 0.903. The molecule has 1 aromatic carbocycles. The van der Waals surface area contributed by atoms with Gasteiger partial charge < -0.3 is 15.5 Å². The summed E-state index contributed by atoms with van der Waals surface area (Å²) >= 11 is 0. The van der Waals surface area contributed by atoms with Gasteiger partial charge in [-0.3, -0.25) is 0 Å². The van der Waals surface area contributed by atoms with E-state index in [0.717, 1.165) is 28.5 Å². The fourth-order valence-corrected chi connectivity index (χ4v) is 2.37. The molecule has 0 aliphatic carbocycles. The van der Waals surface area contributed by atoms with Crippen molar-refractivity contribution in [3.8, 4) is 17.0 Å². The lowest BCUT2D eigenvalue weighted by atomic mass is 9.85. The maximum atomic E-state index is 5.79. The second kappa shape index (κ2) is 5.29. The number of aromatic nitrogens is 2. The first-order valence-electron chi connectivity index (χ1n) is 6.81. The standard InChI is InChI=1S/C16H23N3O/c1-10-18-13(9-17)15(19-10)11-6-7-14(20-5)12(8-11)16(2,3)4/h6-8H,9,17H2,1-5H3,(H,18,19). The first-order chi connectivity index (χ1) is 9.36. The van der Waals surface area contributed by atoms with Gasteiger partial charge in [-0.15, -0.1) is 0 Å².